The number of hydrogen-bond donors (Lipinski definition) is 8. The van der Waals surface area contributed by atoms with Crippen molar-refractivity contribution in [1.82, 2.24) is 0 Å². The normalized spacial score (nSPS) is 11.5. The third kappa shape index (κ3) is 25.9. The molecule has 0 fully saturated rings. The predicted octanol–water partition coefficient (Wildman–Crippen LogP) is -22.9. The topological polar surface area (TPSA) is 782 Å². The number of non-ortho nitro benzene ring substituents is 2. The fourth-order valence-corrected chi connectivity index (χ4v) is 11.4. The Hall–Kier alpha value is -2.20. The van der Waals surface area contributed by atoms with Crippen LogP contribution in [0.5, 0.6) is 34.5 Å². The Kier molecular flexibility index (Phi) is 44.5. The molecule has 8 aromatic rings. The van der Waals surface area contributed by atoms with Crippen molar-refractivity contribution in [3.63, 3.8) is 0 Å². The number of carboxylic acid groups (broad SMARTS) is 2. The van der Waals surface area contributed by atoms with Gasteiger partial charge in [0.2, 0.25) is 0 Å². The Morgan fingerprint density at radius 1 is 0.349 bits per heavy atom. The van der Waals surface area contributed by atoms with Gasteiger partial charge in [0.05, 0.1) is 62.0 Å². The van der Waals surface area contributed by atoms with E-state index < -0.39 is 236 Å². The first-order chi connectivity index (χ1) is 44.0. The summed E-state index contributed by atoms with van der Waals surface area (Å²) in [6.45, 7) is 0. The number of nitrogens with two attached hydrogens (primary N) is 2. The number of nitrogen functional groups attached to an aromatic ring is 2. The second kappa shape index (κ2) is 42.8. The second-order valence-electron chi connectivity index (χ2n) is 18.3. The maximum atomic E-state index is 12.5. The number of carbonyl (C=O) groups is 2. The Morgan fingerprint density at radius 2 is 0.613 bits per heavy atom. The summed E-state index contributed by atoms with van der Waals surface area (Å²) < 4.78 is 211. The maximum absolute atomic E-state index is 12.5. The van der Waals surface area contributed by atoms with E-state index in [1.54, 1.807) is 0 Å². The van der Waals surface area contributed by atoms with Crippen molar-refractivity contribution in [2.24, 2.45) is 40.9 Å². The molecule has 106 heavy (non-hydrogen) atoms. The minimum Gasteiger partial charge on any atom is -0.870 e. The van der Waals surface area contributed by atoms with Gasteiger partial charge in [0, 0.05) is 45.8 Å². The predicted molar refractivity (Wildman–Crippen MR) is 300 cm³/mol. The first kappa shape index (κ1) is 110. The molecular formula is C46H24FeN12Na9O32S6+4. The summed E-state index contributed by atoms with van der Waals surface area (Å²) in [5, 5.41) is 134. The van der Waals surface area contributed by atoms with E-state index in [9.17, 15) is 148 Å². The molecule has 0 saturated heterocycles. The Morgan fingerprint density at radius 3 is 0.858 bits per heavy atom. The quantitative estimate of drug-likeness (QED) is 0.00987. The maximum Gasteiger partial charge on any atom is 3.00 e. The zero-order valence-corrected chi connectivity index (χ0v) is 78.8. The molecule has 0 aromatic heterocycles. The van der Waals surface area contributed by atoms with E-state index in [-0.39, 0.29) is 307 Å². The molecule has 1 radical (unpaired) electrons. The SMILES string of the molecule is Nc1ccc2c(O)c(N=Nc3cc([N+](=O)[O-])cc(S(=O)(=O)[O-])c3[O-])c(S(=O)(=O)[O-])cc2c1N=Nc1cc(S(=O)(=O)[O-])cc(C(=O)O)c1O.Nc1ccc2c(O)c(N=Nc3cc([N+](=O)[O-])cc(S(=O)(=O)[O-])c3[O-])c(S(=O)(=O)[O-])cc2c1N=Nc1cc(S(=O)(=O)[O-])cc(C(=O)O)c1O.[Fe+3].[Na+].[Na+].[Na+].[Na+].[Na+].[Na+].[Na+].[Na+].[Na+]. The third-order valence-corrected chi connectivity index (χ3v) is 17.2. The first-order valence-corrected chi connectivity index (χ1v) is 32.3. The second-order valence-corrected chi connectivity index (χ2v) is 26.4. The smallest absolute Gasteiger partial charge is 0.870 e. The summed E-state index contributed by atoms with van der Waals surface area (Å²) in [7, 11) is -33.2. The number of benzene rings is 8. The molecule has 0 heterocycles. The number of carboxylic acids is 2. The number of phenolic OH excluding ortho intramolecular Hbond substituents is 2. The minimum atomic E-state index is -5.67. The van der Waals surface area contributed by atoms with Crippen molar-refractivity contribution in [3.8, 4) is 34.5 Å². The molecule has 0 unspecified atom stereocenters. The van der Waals surface area contributed by atoms with E-state index in [2.05, 4.69) is 40.9 Å². The largest absolute Gasteiger partial charge is 3.00 e. The van der Waals surface area contributed by atoms with Gasteiger partial charge in [0.25, 0.3) is 11.4 Å². The standard InChI is InChI=1S/2C23H16N6O16S3.Fe.9Na/c2*24-13-2-1-10-11(18(13)27-26-15-6-9(46(37,38)39)5-12(20(15)30)23(33)34)7-16(47(40,41)42)19(21(10)31)28-25-14-3-8(29(35)36)4-17(22(14)32)48(43,44)45;;;;;;;;;;/h2*1-7,30-32H,24H2,(H,33,34)(H,37,38,39)(H,40,41,42)(H,43,44,45);;;;;;;;;;/q;;+3;9*+1/p-8. The minimum absolute atomic E-state index is 0. The van der Waals surface area contributed by atoms with Crippen LogP contribution >= 0.6 is 0 Å². The van der Waals surface area contributed by atoms with E-state index in [4.69, 9.17) is 11.5 Å². The van der Waals surface area contributed by atoms with Gasteiger partial charge in [-0.2, -0.15) is 10.2 Å². The van der Waals surface area contributed by atoms with Crippen molar-refractivity contribution < 1.29 is 421 Å². The van der Waals surface area contributed by atoms with Gasteiger partial charge in [0.15, 0.2) is 23.0 Å². The fourth-order valence-electron chi connectivity index (χ4n) is 7.89. The number of phenols is 4. The van der Waals surface area contributed by atoms with Crippen LogP contribution in [0, 0.1) is 20.2 Å². The van der Waals surface area contributed by atoms with Gasteiger partial charge >= 0.3 is 295 Å². The van der Waals surface area contributed by atoms with Crippen LogP contribution in [-0.4, -0.2) is 130 Å². The van der Waals surface area contributed by atoms with Crippen molar-refractivity contribution in [2.45, 2.75) is 29.4 Å². The average Bonchev–Trinajstić information content (AvgIpc) is 0.754. The van der Waals surface area contributed by atoms with Crippen LogP contribution in [0.3, 0.4) is 0 Å². The Labute approximate surface area is 802 Å². The third-order valence-electron chi connectivity index (χ3n) is 12.2. The van der Waals surface area contributed by atoms with Crippen LogP contribution in [0.1, 0.15) is 20.7 Å². The molecular weight excluding hydrogens is 1690 g/mol. The molecule has 0 aliphatic heterocycles. The zero-order valence-electron chi connectivity index (χ0n) is 54.8. The van der Waals surface area contributed by atoms with Gasteiger partial charge in [-0.25, -0.2) is 60.1 Å². The van der Waals surface area contributed by atoms with Crippen molar-refractivity contribution >= 4 is 162 Å². The number of nitro benzene ring substituents is 2. The summed E-state index contributed by atoms with van der Waals surface area (Å²) >= 11 is 0. The van der Waals surface area contributed by atoms with E-state index in [1.807, 2.05) is 0 Å². The molecule has 0 atom stereocenters. The van der Waals surface area contributed by atoms with Gasteiger partial charge in [0.1, 0.15) is 106 Å². The average molecular weight is 1710 g/mol. The fraction of sp³-hybridized carbons (Fsp3) is 0. The molecule has 8 aromatic carbocycles. The zero-order chi connectivity index (χ0) is 72.2. The van der Waals surface area contributed by atoms with Crippen LogP contribution < -0.4 is 288 Å². The number of azo groups is 4. The van der Waals surface area contributed by atoms with E-state index >= 15 is 0 Å². The number of aromatic hydroxyl groups is 4. The van der Waals surface area contributed by atoms with Gasteiger partial charge < -0.3 is 79.6 Å². The van der Waals surface area contributed by atoms with Gasteiger partial charge in [-0.05, 0) is 60.7 Å². The molecule has 0 aliphatic rings. The molecule has 10 N–H and O–H groups in total. The van der Waals surface area contributed by atoms with Crippen LogP contribution in [0.4, 0.5) is 68.2 Å². The number of rotatable bonds is 18. The molecule has 60 heteroatoms. The number of aromatic carboxylic acids is 2. The molecule has 509 valence electrons. The monoisotopic (exact) mass is 1710 g/mol. The van der Waals surface area contributed by atoms with E-state index in [0.29, 0.717) is 48.5 Å². The molecule has 44 nitrogen and oxygen atoms in total. The van der Waals surface area contributed by atoms with Gasteiger partial charge in [-0.1, -0.05) is 11.5 Å². The number of nitrogens with zero attached hydrogens (tertiary/aromatic N) is 10. The molecule has 0 aliphatic carbocycles. The Balaban J connectivity index is -0.000000897. The van der Waals surface area contributed by atoms with Crippen molar-refractivity contribution in [1.29, 1.82) is 0 Å². The van der Waals surface area contributed by atoms with Crippen LogP contribution in [0.2, 0.25) is 0 Å². The summed E-state index contributed by atoms with van der Waals surface area (Å²) in [5.41, 5.74) is -1.16. The summed E-state index contributed by atoms with van der Waals surface area (Å²) in [4.78, 5) is 34.6. The molecule has 0 bridgehead atoms. The number of hydrogen-bond acceptors (Lipinski definition) is 40. The van der Waals surface area contributed by atoms with Gasteiger partial charge in [-0.15, -0.1) is 30.7 Å². The summed E-state index contributed by atoms with van der Waals surface area (Å²) in [5.74, 6) is -11.9. The van der Waals surface area contributed by atoms with Gasteiger partial charge in [-0.3, -0.25) is 20.2 Å². The first-order valence-electron chi connectivity index (χ1n) is 23.8. The number of fused-ring (bicyclic) bond motifs is 2. The molecule has 0 saturated carbocycles. The summed E-state index contributed by atoms with van der Waals surface area (Å²) in [6, 6.07) is 7.67. The van der Waals surface area contributed by atoms with E-state index in [1.165, 1.54) is 0 Å². The van der Waals surface area contributed by atoms with Crippen molar-refractivity contribution in [3.05, 3.63) is 116 Å². The number of nitro groups is 2. The van der Waals surface area contributed by atoms with Crippen LogP contribution in [0.15, 0.2) is 155 Å². The molecule has 0 spiro atoms. The number of anilines is 2. The molecule has 0 amide bonds. The Bertz CT molecular complexity index is 5360. The summed E-state index contributed by atoms with van der Waals surface area (Å²) in [6.07, 6.45) is 0. The van der Waals surface area contributed by atoms with E-state index in [0.717, 1.165) is 24.3 Å². The van der Waals surface area contributed by atoms with Crippen molar-refractivity contribution in [2.75, 3.05) is 11.5 Å². The molecule has 8 rings (SSSR count). The van der Waals surface area contributed by atoms with Crippen LogP contribution in [-0.2, 0) is 77.8 Å². The van der Waals surface area contributed by atoms with Crippen LogP contribution in [0.25, 0.3) is 21.5 Å².